The summed E-state index contributed by atoms with van der Waals surface area (Å²) in [5, 5.41) is 8.97. The molecule has 0 amide bonds. The van der Waals surface area contributed by atoms with E-state index in [-0.39, 0.29) is 3.42 Å². The standard InChI is InChI=1S/C21H23IN2/c1-17-15-18(7-8-20(17)19-5-3-2-4-6-19)16-24-13-10-21(22,9-12-23)11-14-24/h2-8,15H,9-11,13-14,16H2,1H3. The van der Waals surface area contributed by atoms with Gasteiger partial charge in [0.05, 0.1) is 6.07 Å². The molecule has 0 spiro atoms. The minimum absolute atomic E-state index is 0.191. The van der Waals surface area contributed by atoms with Gasteiger partial charge in [-0.05, 0) is 55.1 Å². The molecule has 0 radical (unpaired) electrons. The van der Waals surface area contributed by atoms with Gasteiger partial charge in [0, 0.05) is 16.4 Å². The molecule has 2 aromatic carbocycles. The van der Waals surface area contributed by atoms with Crippen LogP contribution in [0.2, 0.25) is 0 Å². The Kier molecular flexibility index (Phi) is 5.57. The molecular formula is C21H23IN2. The first-order valence-corrected chi connectivity index (χ1v) is 9.61. The summed E-state index contributed by atoms with van der Waals surface area (Å²) in [6, 6.07) is 19.8. The van der Waals surface area contributed by atoms with E-state index in [1.165, 1.54) is 22.3 Å². The highest BCUT2D eigenvalue weighted by molar-refractivity contribution is 14.1. The maximum atomic E-state index is 8.97. The normalized spacial score (nSPS) is 17.4. The number of hydrogen-bond donors (Lipinski definition) is 0. The third kappa shape index (κ3) is 4.17. The Balaban J connectivity index is 1.65. The Morgan fingerprint density at radius 1 is 1.12 bits per heavy atom. The first-order chi connectivity index (χ1) is 11.6. The van der Waals surface area contributed by atoms with E-state index in [9.17, 15) is 0 Å². The van der Waals surface area contributed by atoms with Crippen LogP contribution in [0.3, 0.4) is 0 Å². The lowest BCUT2D eigenvalue weighted by Gasteiger charge is -2.36. The monoisotopic (exact) mass is 430 g/mol. The highest BCUT2D eigenvalue weighted by atomic mass is 127. The van der Waals surface area contributed by atoms with Crippen molar-refractivity contribution in [3.8, 4) is 17.2 Å². The molecule has 0 aromatic heterocycles. The molecule has 0 bridgehead atoms. The molecule has 1 aliphatic rings. The Bertz CT molecular complexity index is 725. The summed E-state index contributed by atoms with van der Waals surface area (Å²) in [6.45, 7) is 5.38. The zero-order valence-electron chi connectivity index (χ0n) is 14.1. The minimum Gasteiger partial charge on any atom is -0.299 e. The van der Waals surface area contributed by atoms with Gasteiger partial charge in [-0.1, -0.05) is 71.1 Å². The van der Waals surface area contributed by atoms with Gasteiger partial charge in [-0.2, -0.15) is 5.26 Å². The summed E-state index contributed by atoms with van der Waals surface area (Å²) in [4.78, 5) is 2.52. The van der Waals surface area contributed by atoms with Crippen molar-refractivity contribution in [3.05, 3.63) is 59.7 Å². The van der Waals surface area contributed by atoms with Crippen LogP contribution in [0.4, 0.5) is 0 Å². The molecule has 1 heterocycles. The van der Waals surface area contributed by atoms with Crippen molar-refractivity contribution >= 4 is 22.6 Å². The van der Waals surface area contributed by atoms with Crippen LogP contribution in [0.5, 0.6) is 0 Å². The van der Waals surface area contributed by atoms with Crippen molar-refractivity contribution in [1.82, 2.24) is 4.90 Å². The SMILES string of the molecule is Cc1cc(CN2CCC(I)(CC#N)CC2)ccc1-c1ccccc1. The van der Waals surface area contributed by atoms with Gasteiger partial charge in [-0.15, -0.1) is 0 Å². The van der Waals surface area contributed by atoms with Crippen LogP contribution < -0.4 is 0 Å². The number of piperidine rings is 1. The van der Waals surface area contributed by atoms with E-state index in [0.29, 0.717) is 6.42 Å². The predicted octanol–water partition coefficient (Wildman–Crippen LogP) is 5.35. The molecule has 0 atom stereocenters. The van der Waals surface area contributed by atoms with Crippen LogP contribution >= 0.6 is 22.6 Å². The van der Waals surface area contributed by atoms with Crippen LogP contribution in [0.25, 0.3) is 11.1 Å². The molecule has 2 nitrogen and oxygen atoms in total. The second-order valence-electron chi connectivity index (χ2n) is 6.78. The average Bonchev–Trinajstić information content (AvgIpc) is 2.58. The first kappa shape index (κ1) is 17.4. The van der Waals surface area contributed by atoms with E-state index in [4.69, 9.17) is 5.26 Å². The lowest BCUT2D eigenvalue weighted by Crippen LogP contribution is -2.40. The number of rotatable bonds is 4. The van der Waals surface area contributed by atoms with Gasteiger partial charge in [-0.3, -0.25) is 4.90 Å². The van der Waals surface area contributed by atoms with Gasteiger partial charge in [0.25, 0.3) is 0 Å². The van der Waals surface area contributed by atoms with E-state index in [2.05, 4.69) is 89.0 Å². The Labute approximate surface area is 158 Å². The van der Waals surface area contributed by atoms with E-state index in [1.54, 1.807) is 0 Å². The van der Waals surface area contributed by atoms with E-state index in [1.807, 2.05) is 0 Å². The summed E-state index contributed by atoms with van der Waals surface area (Å²) in [5.41, 5.74) is 5.32. The maximum absolute atomic E-state index is 8.97. The number of nitrogens with zero attached hydrogens (tertiary/aromatic N) is 2. The van der Waals surface area contributed by atoms with Crippen molar-refractivity contribution < 1.29 is 0 Å². The van der Waals surface area contributed by atoms with Gasteiger partial charge in [0.2, 0.25) is 0 Å². The van der Waals surface area contributed by atoms with Crippen molar-refractivity contribution in [1.29, 1.82) is 5.26 Å². The van der Waals surface area contributed by atoms with Crippen LogP contribution in [-0.4, -0.2) is 21.4 Å². The Morgan fingerprint density at radius 2 is 1.83 bits per heavy atom. The second kappa shape index (κ2) is 7.67. The van der Waals surface area contributed by atoms with Gasteiger partial charge < -0.3 is 0 Å². The molecule has 3 rings (SSSR count). The molecule has 0 saturated carbocycles. The van der Waals surface area contributed by atoms with Crippen LogP contribution in [0.15, 0.2) is 48.5 Å². The van der Waals surface area contributed by atoms with Crippen LogP contribution in [-0.2, 0) is 6.54 Å². The number of likely N-dealkylation sites (tertiary alicyclic amines) is 1. The molecule has 124 valence electrons. The summed E-state index contributed by atoms with van der Waals surface area (Å²) in [6.07, 6.45) is 2.90. The lowest BCUT2D eigenvalue weighted by atomic mass is 9.93. The maximum Gasteiger partial charge on any atom is 0.0635 e. The molecule has 0 unspecified atom stereocenters. The van der Waals surface area contributed by atoms with Crippen molar-refractivity contribution in [2.75, 3.05) is 13.1 Å². The Hall–Kier alpha value is -1.38. The fraction of sp³-hybridized carbons (Fsp3) is 0.381. The number of hydrogen-bond acceptors (Lipinski definition) is 2. The lowest BCUT2D eigenvalue weighted by molar-refractivity contribution is 0.199. The van der Waals surface area contributed by atoms with E-state index < -0.39 is 0 Å². The quantitative estimate of drug-likeness (QED) is 0.483. The summed E-state index contributed by atoms with van der Waals surface area (Å²) >= 11 is 2.50. The zero-order valence-corrected chi connectivity index (χ0v) is 16.3. The molecule has 0 aliphatic carbocycles. The van der Waals surface area contributed by atoms with Gasteiger partial charge in [0.15, 0.2) is 0 Å². The number of halogens is 1. The molecule has 3 heteroatoms. The van der Waals surface area contributed by atoms with Gasteiger partial charge >= 0.3 is 0 Å². The summed E-state index contributed by atoms with van der Waals surface area (Å²) in [7, 11) is 0. The number of benzene rings is 2. The van der Waals surface area contributed by atoms with Gasteiger partial charge in [-0.25, -0.2) is 0 Å². The van der Waals surface area contributed by atoms with Crippen molar-refractivity contribution in [2.45, 2.75) is 36.2 Å². The highest BCUT2D eigenvalue weighted by Crippen LogP contribution is 2.35. The predicted molar refractivity (Wildman–Crippen MR) is 108 cm³/mol. The highest BCUT2D eigenvalue weighted by Gasteiger charge is 2.31. The molecule has 0 N–H and O–H groups in total. The molecule has 24 heavy (non-hydrogen) atoms. The fourth-order valence-corrected chi connectivity index (χ4v) is 4.11. The van der Waals surface area contributed by atoms with Gasteiger partial charge in [0.1, 0.15) is 0 Å². The fourth-order valence-electron chi connectivity index (χ4n) is 3.45. The average molecular weight is 430 g/mol. The smallest absolute Gasteiger partial charge is 0.0635 e. The Morgan fingerprint density at radius 3 is 2.46 bits per heavy atom. The topological polar surface area (TPSA) is 27.0 Å². The minimum atomic E-state index is 0.191. The largest absolute Gasteiger partial charge is 0.299 e. The van der Waals surface area contributed by atoms with Crippen molar-refractivity contribution in [3.63, 3.8) is 0 Å². The number of aryl methyl sites for hydroxylation is 1. The second-order valence-corrected chi connectivity index (χ2v) is 9.07. The zero-order chi connectivity index (χ0) is 17.0. The molecule has 2 aromatic rings. The first-order valence-electron chi connectivity index (χ1n) is 8.53. The van der Waals surface area contributed by atoms with E-state index in [0.717, 1.165) is 32.5 Å². The van der Waals surface area contributed by atoms with Crippen molar-refractivity contribution in [2.24, 2.45) is 0 Å². The third-order valence-corrected chi connectivity index (χ3v) is 6.39. The van der Waals surface area contributed by atoms with E-state index >= 15 is 0 Å². The summed E-state index contributed by atoms with van der Waals surface area (Å²) < 4.78 is 0.191. The number of nitriles is 1. The number of alkyl halides is 1. The molecular weight excluding hydrogens is 407 g/mol. The summed E-state index contributed by atoms with van der Waals surface area (Å²) in [5.74, 6) is 0. The van der Waals surface area contributed by atoms with Crippen LogP contribution in [0, 0.1) is 18.3 Å². The molecule has 1 saturated heterocycles. The van der Waals surface area contributed by atoms with Crippen LogP contribution in [0.1, 0.15) is 30.4 Å². The molecule has 1 aliphatic heterocycles. The third-order valence-electron chi connectivity index (χ3n) is 4.93. The molecule has 1 fully saturated rings.